The lowest BCUT2D eigenvalue weighted by atomic mass is 10.1. The average Bonchev–Trinajstić information content (AvgIpc) is 3.25. The number of amides is 2. The Bertz CT molecular complexity index is 778. The smallest absolute Gasteiger partial charge is 0.414 e. The van der Waals surface area contributed by atoms with Crippen molar-refractivity contribution >= 4 is 17.7 Å². The van der Waals surface area contributed by atoms with E-state index in [-0.39, 0.29) is 18.1 Å². The van der Waals surface area contributed by atoms with Crippen LogP contribution in [0, 0.1) is 0 Å². The molecule has 0 spiro atoms. The first-order chi connectivity index (χ1) is 12.2. The molecule has 1 unspecified atom stereocenters. The van der Waals surface area contributed by atoms with Crippen molar-refractivity contribution in [3.8, 4) is 5.75 Å². The number of carbonyl (C=O) groups is 2. The molecule has 2 heterocycles. The van der Waals surface area contributed by atoms with E-state index in [2.05, 4.69) is 5.32 Å². The van der Waals surface area contributed by atoms with Gasteiger partial charge in [0.15, 0.2) is 0 Å². The van der Waals surface area contributed by atoms with E-state index in [0.717, 1.165) is 17.9 Å². The van der Waals surface area contributed by atoms with Crippen LogP contribution in [0.3, 0.4) is 0 Å². The van der Waals surface area contributed by atoms with Crippen molar-refractivity contribution in [3.05, 3.63) is 59.7 Å². The van der Waals surface area contributed by atoms with Crippen LogP contribution >= 0.6 is 0 Å². The number of anilines is 1. The van der Waals surface area contributed by atoms with Crippen LogP contribution in [0.4, 0.5) is 10.5 Å². The molecule has 2 aromatic carbocycles. The number of fused-ring (bicyclic) bond motifs is 1. The summed E-state index contributed by atoms with van der Waals surface area (Å²) in [6.45, 7) is 1.38. The summed E-state index contributed by atoms with van der Waals surface area (Å²) < 4.78 is 10.7. The van der Waals surface area contributed by atoms with Gasteiger partial charge in [0.05, 0.1) is 13.1 Å². The summed E-state index contributed by atoms with van der Waals surface area (Å²) in [5, 5.41) is 2.90. The number of para-hydroxylation sites is 1. The van der Waals surface area contributed by atoms with Gasteiger partial charge in [0.25, 0.3) is 5.91 Å². The predicted octanol–water partition coefficient (Wildman–Crippen LogP) is 2.38. The quantitative estimate of drug-likeness (QED) is 0.929. The molecule has 1 atom stereocenters. The number of rotatable bonds is 4. The molecule has 1 fully saturated rings. The summed E-state index contributed by atoms with van der Waals surface area (Å²) in [5.74, 6) is 0.735. The van der Waals surface area contributed by atoms with Gasteiger partial charge in [-0.2, -0.15) is 0 Å². The molecule has 0 saturated carbocycles. The molecule has 2 aliphatic rings. The molecular formula is C19H18N2O4. The number of ether oxygens (including phenoxy) is 2. The Morgan fingerprint density at radius 2 is 1.96 bits per heavy atom. The monoisotopic (exact) mass is 338 g/mol. The molecule has 2 aromatic rings. The van der Waals surface area contributed by atoms with Gasteiger partial charge in [0.1, 0.15) is 18.5 Å². The van der Waals surface area contributed by atoms with Gasteiger partial charge < -0.3 is 14.8 Å². The number of hydrogen-bond donors (Lipinski definition) is 1. The van der Waals surface area contributed by atoms with Crippen LogP contribution in [0.15, 0.2) is 48.5 Å². The number of carbonyl (C=O) groups excluding carboxylic acids is 2. The second-order valence-electron chi connectivity index (χ2n) is 6.07. The van der Waals surface area contributed by atoms with Crippen molar-refractivity contribution in [2.24, 2.45) is 0 Å². The van der Waals surface area contributed by atoms with Crippen molar-refractivity contribution in [3.63, 3.8) is 0 Å². The zero-order valence-electron chi connectivity index (χ0n) is 13.6. The zero-order chi connectivity index (χ0) is 17.2. The Hall–Kier alpha value is -3.02. The Balaban J connectivity index is 1.33. The Kier molecular flexibility index (Phi) is 4.01. The van der Waals surface area contributed by atoms with Gasteiger partial charge in [-0.1, -0.05) is 18.2 Å². The Morgan fingerprint density at radius 1 is 1.16 bits per heavy atom. The minimum Gasteiger partial charge on any atom is -0.488 e. The van der Waals surface area contributed by atoms with E-state index in [1.807, 2.05) is 24.3 Å². The summed E-state index contributed by atoms with van der Waals surface area (Å²) in [6.07, 6.45) is 0.405. The first-order valence-electron chi connectivity index (χ1n) is 8.28. The molecule has 2 amide bonds. The van der Waals surface area contributed by atoms with Crippen molar-refractivity contribution < 1.29 is 19.1 Å². The van der Waals surface area contributed by atoms with E-state index in [4.69, 9.17) is 9.47 Å². The largest absolute Gasteiger partial charge is 0.488 e. The van der Waals surface area contributed by atoms with Gasteiger partial charge in [-0.3, -0.25) is 9.69 Å². The first kappa shape index (κ1) is 15.5. The molecule has 1 saturated heterocycles. The normalized spacial score (nSPS) is 18.5. The minimum atomic E-state index is -0.352. The Labute approximate surface area is 145 Å². The number of nitrogens with zero attached hydrogens (tertiary/aromatic N) is 1. The summed E-state index contributed by atoms with van der Waals surface area (Å²) in [7, 11) is 0. The molecule has 0 aliphatic carbocycles. The second-order valence-corrected chi connectivity index (χ2v) is 6.07. The molecule has 25 heavy (non-hydrogen) atoms. The van der Waals surface area contributed by atoms with E-state index in [1.54, 1.807) is 29.2 Å². The molecule has 2 aliphatic heterocycles. The topological polar surface area (TPSA) is 67.9 Å². The van der Waals surface area contributed by atoms with Gasteiger partial charge in [0.2, 0.25) is 0 Å². The highest BCUT2D eigenvalue weighted by atomic mass is 16.6. The highest BCUT2D eigenvalue weighted by Gasteiger charge is 2.24. The standard InChI is InChI=1S/C19H18N2O4/c22-18(20-12-16-11-14-3-1-2-4-17(14)25-16)13-5-7-15(8-6-13)21-9-10-24-19(21)23/h1-8,16H,9-12H2,(H,20,22). The van der Waals surface area contributed by atoms with E-state index in [1.165, 1.54) is 5.56 Å². The van der Waals surface area contributed by atoms with Gasteiger partial charge in [-0.25, -0.2) is 4.79 Å². The van der Waals surface area contributed by atoms with Gasteiger partial charge in [-0.15, -0.1) is 0 Å². The van der Waals surface area contributed by atoms with Gasteiger partial charge in [0, 0.05) is 17.7 Å². The molecule has 4 rings (SSSR count). The van der Waals surface area contributed by atoms with Gasteiger partial charge >= 0.3 is 6.09 Å². The number of nitrogens with one attached hydrogen (secondary N) is 1. The minimum absolute atomic E-state index is 0.0417. The summed E-state index contributed by atoms with van der Waals surface area (Å²) in [6, 6.07) is 14.8. The maximum Gasteiger partial charge on any atom is 0.414 e. The molecule has 0 radical (unpaired) electrons. The van der Waals surface area contributed by atoms with Crippen LogP contribution in [0.1, 0.15) is 15.9 Å². The molecule has 1 N–H and O–H groups in total. The SMILES string of the molecule is O=C(NCC1Cc2ccccc2O1)c1ccc(N2CCOC2=O)cc1. The fourth-order valence-electron chi connectivity index (χ4n) is 3.10. The zero-order valence-corrected chi connectivity index (χ0v) is 13.6. The van der Waals surface area contributed by atoms with Crippen LogP contribution in [0.2, 0.25) is 0 Å². The summed E-state index contributed by atoms with van der Waals surface area (Å²) in [4.78, 5) is 25.4. The third-order valence-corrected chi connectivity index (χ3v) is 4.41. The van der Waals surface area contributed by atoms with Crippen LogP contribution in [0.25, 0.3) is 0 Å². The second kappa shape index (κ2) is 6.47. The van der Waals surface area contributed by atoms with Crippen molar-refractivity contribution in [1.29, 1.82) is 0 Å². The van der Waals surface area contributed by atoms with E-state index in [0.29, 0.717) is 25.3 Å². The summed E-state index contributed by atoms with van der Waals surface area (Å²) in [5.41, 5.74) is 2.45. The van der Waals surface area contributed by atoms with Crippen molar-refractivity contribution in [2.45, 2.75) is 12.5 Å². The fourth-order valence-corrected chi connectivity index (χ4v) is 3.10. The highest BCUT2D eigenvalue weighted by Crippen LogP contribution is 2.27. The third-order valence-electron chi connectivity index (χ3n) is 4.41. The predicted molar refractivity (Wildman–Crippen MR) is 92.0 cm³/mol. The lowest BCUT2D eigenvalue weighted by molar-refractivity contribution is 0.0933. The van der Waals surface area contributed by atoms with Crippen molar-refractivity contribution in [2.75, 3.05) is 24.6 Å². The third kappa shape index (κ3) is 3.15. The maximum atomic E-state index is 12.3. The molecule has 0 bridgehead atoms. The van der Waals surface area contributed by atoms with Crippen molar-refractivity contribution in [1.82, 2.24) is 5.32 Å². The lowest BCUT2D eigenvalue weighted by Gasteiger charge is -2.14. The average molecular weight is 338 g/mol. The van der Waals surface area contributed by atoms with E-state index < -0.39 is 0 Å². The molecule has 6 heteroatoms. The lowest BCUT2D eigenvalue weighted by Crippen LogP contribution is -2.34. The number of benzene rings is 2. The molecule has 0 aromatic heterocycles. The fraction of sp³-hybridized carbons (Fsp3) is 0.263. The Morgan fingerprint density at radius 3 is 2.68 bits per heavy atom. The van der Waals surface area contributed by atoms with Crippen LogP contribution in [-0.4, -0.2) is 37.8 Å². The first-order valence-corrected chi connectivity index (χ1v) is 8.28. The van der Waals surface area contributed by atoms with Gasteiger partial charge in [-0.05, 0) is 35.9 Å². The number of cyclic esters (lactones) is 1. The van der Waals surface area contributed by atoms with Crippen LogP contribution < -0.4 is 15.0 Å². The summed E-state index contributed by atoms with van der Waals surface area (Å²) >= 11 is 0. The van der Waals surface area contributed by atoms with E-state index >= 15 is 0 Å². The molecular weight excluding hydrogens is 320 g/mol. The van der Waals surface area contributed by atoms with Crippen LogP contribution in [0.5, 0.6) is 5.75 Å². The van der Waals surface area contributed by atoms with E-state index in [9.17, 15) is 9.59 Å². The maximum absolute atomic E-state index is 12.3. The molecule has 128 valence electrons. The highest BCUT2D eigenvalue weighted by molar-refractivity contribution is 5.95. The molecule has 6 nitrogen and oxygen atoms in total. The number of hydrogen-bond acceptors (Lipinski definition) is 4. The van der Waals surface area contributed by atoms with Crippen LogP contribution in [-0.2, 0) is 11.2 Å².